The van der Waals surface area contributed by atoms with Crippen molar-refractivity contribution in [2.75, 3.05) is 11.5 Å². The first-order valence-electron chi connectivity index (χ1n) is 15.5. The highest BCUT2D eigenvalue weighted by Crippen LogP contribution is 2.80. The smallest absolute Gasteiger partial charge is 0.413 e. The van der Waals surface area contributed by atoms with Crippen LogP contribution in [0.2, 0.25) is 0 Å². The zero-order valence-corrected chi connectivity index (χ0v) is 28.8. The molecule has 3 heterocycles. The molecule has 0 saturated carbocycles. The summed E-state index contributed by atoms with van der Waals surface area (Å²) >= 11 is 0. The lowest BCUT2D eigenvalue weighted by Crippen LogP contribution is -2.10. The summed E-state index contributed by atoms with van der Waals surface area (Å²) in [7, 11) is -11.7. The number of hydrogen-bond acceptors (Lipinski definition) is 11. The molecule has 0 aliphatic carbocycles. The van der Waals surface area contributed by atoms with Gasteiger partial charge in [0.1, 0.15) is 34.5 Å². The van der Waals surface area contributed by atoms with E-state index in [0.29, 0.717) is 45.9 Å². The van der Waals surface area contributed by atoms with Gasteiger partial charge in [-0.1, -0.05) is 86.3 Å². The highest BCUT2D eigenvalue weighted by molar-refractivity contribution is 7.79. The van der Waals surface area contributed by atoms with Gasteiger partial charge >= 0.3 is 23.0 Å². The number of nitrogen functional groups attached to an aromatic ring is 2. The van der Waals surface area contributed by atoms with Crippen molar-refractivity contribution in [3.63, 3.8) is 0 Å². The maximum atomic E-state index is 6.87. The largest absolute Gasteiger partial charge is 0.460 e. The third kappa shape index (κ3) is 5.56. The summed E-state index contributed by atoms with van der Waals surface area (Å²) in [4.78, 5) is 0. The second-order valence-electron chi connectivity index (χ2n) is 11.4. The van der Waals surface area contributed by atoms with Gasteiger partial charge in [-0.2, -0.15) is 0 Å². The molecule has 3 aliphatic rings. The Morgan fingerprint density at radius 2 is 0.700 bits per heavy atom. The molecule has 3 aliphatic heterocycles. The first kappa shape index (κ1) is 30.5. The topological polar surface area (TPSA) is 144 Å². The number of nitrogens with zero attached hydrogens (tertiary/aromatic N) is 3. The first-order valence-corrected chi connectivity index (χ1v) is 20.1. The van der Waals surface area contributed by atoms with Gasteiger partial charge in [0.05, 0.1) is 0 Å². The predicted molar refractivity (Wildman–Crippen MR) is 197 cm³/mol. The van der Waals surface area contributed by atoms with Crippen LogP contribution >= 0.6 is 23.0 Å². The Morgan fingerprint density at radius 1 is 0.380 bits per heavy atom. The minimum absolute atomic E-state index is 0.389. The summed E-state index contributed by atoms with van der Waals surface area (Å²) in [5, 5.41) is 0. The summed E-state index contributed by atoms with van der Waals surface area (Å²) in [5.74, 6) is 2.80. The van der Waals surface area contributed by atoms with E-state index in [2.05, 4.69) is 0 Å². The molecule has 0 saturated heterocycles. The van der Waals surface area contributed by atoms with Gasteiger partial charge in [-0.25, -0.2) is 0 Å². The maximum absolute atomic E-state index is 6.87. The van der Waals surface area contributed by atoms with E-state index in [4.69, 9.17) is 52.2 Å². The van der Waals surface area contributed by atoms with Crippen LogP contribution in [0.4, 0.5) is 11.4 Å². The van der Waals surface area contributed by atoms with Gasteiger partial charge in [-0.3, -0.25) is 0 Å². The molecule has 0 fully saturated rings. The number of fused-ring (bicyclic) bond motifs is 6. The van der Waals surface area contributed by atoms with Crippen LogP contribution in [0, 0.1) is 0 Å². The molecule has 6 aromatic carbocycles. The lowest BCUT2D eigenvalue weighted by Gasteiger charge is -2.32. The number of rotatable bonds is 4. The van der Waals surface area contributed by atoms with E-state index >= 15 is 0 Å². The molecular weight excluding hydrogens is 691 g/mol. The molecule has 248 valence electrons. The zero-order valence-electron chi connectivity index (χ0n) is 26.1. The summed E-state index contributed by atoms with van der Waals surface area (Å²) in [5.41, 5.74) is 16.4. The van der Waals surface area contributed by atoms with Crippen LogP contribution in [-0.4, -0.2) is 0 Å². The molecule has 6 aromatic rings. The van der Waals surface area contributed by atoms with Gasteiger partial charge in [0.2, 0.25) is 0 Å². The van der Waals surface area contributed by atoms with Crippen LogP contribution in [0.1, 0.15) is 0 Å². The van der Waals surface area contributed by atoms with Crippen LogP contribution in [0.15, 0.2) is 159 Å². The van der Waals surface area contributed by atoms with Crippen molar-refractivity contribution in [3.05, 3.63) is 146 Å². The molecule has 9 rings (SSSR count). The van der Waals surface area contributed by atoms with Crippen molar-refractivity contribution in [1.82, 2.24) is 0 Å². The van der Waals surface area contributed by atoms with Crippen LogP contribution in [-0.2, 0) is 0 Å². The molecule has 0 radical (unpaired) electrons. The van der Waals surface area contributed by atoms with Crippen LogP contribution in [0.3, 0.4) is 0 Å². The molecule has 0 bridgehead atoms. The zero-order chi connectivity index (χ0) is 33.8. The molecule has 0 atom stereocenters. The molecule has 14 heteroatoms. The Hall–Kier alpha value is -5.59. The number of nitrogens with two attached hydrogens (primary N) is 2. The summed E-state index contributed by atoms with van der Waals surface area (Å²) in [6.45, 7) is 0. The van der Waals surface area contributed by atoms with Gasteiger partial charge < -0.3 is 38.6 Å². The highest BCUT2D eigenvalue weighted by Gasteiger charge is 2.50. The third-order valence-corrected chi connectivity index (χ3v) is 15.9. The SMILES string of the molecule is Nc1ccc(OP2(Oc3ccc(N)cc3)=NP3(=NP4(=N2)Oc2ccccc2-c2ccccc2O4)Oc2ccccc2-c2ccccc2O3)cc1. The standard InChI is InChI=1S/C36H28N5O6P3/c37-25-17-21-27(22-18-25)42-48(43-28-23-19-26(38)20-24-28)39-49(44-33-13-5-1-9-29(33)30-10-2-6-14-34(30)45-49)41-50(40-48)46-35-15-7-3-11-31(35)32-12-4-8-16-36(32)47-50/h1-24H,37-38H2. The van der Waals surface area contributed by atoms with Crippen LogP contribution < -0.4 is 38.6 Å². The molecule has 11 nitrogen and oxygen atoms in total. The minimum atomic E-state index is -3.94. The third-order valence-electron chi connectivity index (χ3n) is 7.88. The van der Waals surface area contributed by atoms with Gasteiger partial charge in [-0.15, -0.1) is 0 Å². The van der Waals surface area contributed by atoms with E-state index in [9.17, 15) is 0 Å². The van der Waals surface area contributed by atoms with Gasteiger partial charge in [-0.05, 0) is 72.8 Å². The van der Waals surface area contributed by atoms with Crippen molar-refractivity contribution in [1.29, 1.82) is 0 Å². The first-order chi connectivity index (χ1) is 24.4. The molecule has 0 unspecified atom stereocenters. The molecule has 0 amide bonds. The molecular formula is C36H28N5O6P3. The van der Waals surface area contributed by atoms with Crippen LogP contribution in [0.25, 0.3) is 22.3 Å². The monoisotopic (exact) mass is 719 g/mol. The van der Waals surface area contributed by atoms with E-state index in [-0.39, 0.29) is 0 Å². The lowest BCUT2D eigenvalue weighted by atomic mass is 10.0. The number of benzene rings is 6. The van der Waals surface area contributed by atoms with Crippen LogP contribution in [0.5, 0.6) is 34.5 Å². The van der Waals surface area contributed by atoms with Gasteiger partial charge in [0, 0.05) is 33.6 Å². The quantitative estimate of drug-likeness (QED) is 0.135. The summed E-state index contributed by atoms with van der Waals surface area (Å²) < 4.78 is 56.6. The van der Waals surface area contributed by atoms with Crippen molar-refractivity contribution in [3.8, 4) is 56.8 Å². The minimum Gasteiger partial charge on any atom is -0.413 e. The molecule has 2 spiro atoms. The fraction of sp³-hybridized carbons (Fsp3) is 0. The van der Waals surface area contributed by atoms with E-state index in [1.54, 1.807) is 48.5 Å². The maximum Gasteiger partial charge on any atom is 0.460 e. The highest BCUT2D eigenvalue weighted by atomic mass is 31.3. The molecule has 0 aromatic heterocycles. The van der Waals surface area contributed by atoms with E-state index < -0.39 is 23.0 Å². The van der Waals surface area contributed by atoms with Crippen molar-refractivity contribution >= 4 is 34.4 Å². The number of anilines is 2. The van der Waals surface area contributed by atoms with Crippen molar-refractivity contribution in [2.45, 2.75) is 0 Å². The Morgan fingerprint density at radius 3 is 1.06 bits per heavy atom. The molecule has 50 heavy (non-hydrogen) atoms. The van der Waals surface area contributed by atoms with Gasteiger partial charge in [0.25, 0.3) is 0 Å². The fourth-order valence-electron chi connectivity index (χ4n) is 5.68. The van der Waals surface area contributed by atoms with E-state index in [1.807, 2.05) is 97.1 Å². The Balaban J connectivity index is 1.37. The average molecular weight is 720 g/mol. The van der Waals surface area contributed by atoms with E-state index in [1.165, 1.54) is 0 Å². The number of hydrogen-bond donors (Lipinski definition) is 2. The second kappa shape index (κ2) is 11.8. The van der Waals surface area contributed by atoms with Gasteiger partial charge in [0.15, 0.2) is 0 Å². The normalized spacial score (nSPS) is 16.6. The summed E-state index contributed by atoms with van der Waals surface area (Å²) in [6, 6.07) is 44.3. The summed E-state index contributed by atoms with van der Waals surface area (Å²) in [6.07, 6.45) is 0. The fourth-order valence-corrected chi connectivity index (χ4v) is 14.8. The van der Waals surface area contributed by atoms with Crippen molar-refractivity contribution < 1.29 is 27.1 Å². The molecule has 4 N–H and O–H groups in total. The Kier molecular flexibility index (Phi) is 7.18. The Labute approximate surface area is 288 Å². The average Bonchev–Trinajstić information content (AvgIpc) is 3.33. The van der Waals surface area contributed by atoms with E-state index in [0.717, 1.165) is 22.3 Å². The number of para-hydroxylation sites is 4. The second-order valence-corrected chi connectivity index (χ2v) is 17.6. The Bertz CT molecular complexity index is 2220. The lowest BCUT2D eigenvalue weighted by molar-refractivity contribution is 0.448. The van der Waals surface area contributed by atoms with Crippen molar-refractivity contribution in [2.24, 2.45) is 13.5 Å². The predicted octanol–water partition coefficient (Wildman–Crippen LogP) is 11.4.